The number of esters is 1. The van der Waals surface area contributed by atoms with Crippen molar-refractivity contribution in [3.63, 3.8) is 0 Å². The minimum absolute atomic E-state index is 0.0820. The van der Waals surface area contributed by atoms with E-state index in [1.807, 2.05) is 0 Å². The number of hydrogen-bond donors (Lipinski definition) is 0. The van der Waals surface area contributed by atoms with Gasteiger partial charge in [-0.2, -0.15) is 0 Å². The molecule has 1 heterocycles. The molecule has 7 atom stereocenters. The van der Waals surface area contributed by atoms with E-state index >= 15 is 0 Å². The number of allylic oxidation sites excluding steroid dienone is 1. The SMILES string of the molecule is CC(=O)O[C@@H]1CC[C@@]2(C)C(=CC[C@@H]3[C@H]4CC[C@@H](C5(CBr)OCCO5)[C@]4(C)CC[C@H]32)C1. The average molecular weight is 481 g/mol. The minimum atomic E-state index is -0.419. The Bertz CT molecular complexity index is 729. The fraction of sp³-hybridized carbons (Fsp3) is 0.880. The van der Waals surface area contributed by atoms with Gasteiger partial charge < -0.3 is 14.2 Å². The van der Waals surface area contributed by atoms with E-state index in [1.54, 1.807) is 5.57 Å². The number of rotatable bonds is 3. The molecule has 4 aliphatic carbocycles. The van der Waals surface area contributed by atoms with Gasteiger partial charge in [0, 0.05) is 19.3 Å². The molecule has 0 spiro atoms. The maximum Gasteiger partial charge on any atom is 0.302 e. The summed E-state index contributed by atoms with van der Waals surface area (Å²) in [6.07, 6.45) is 12.0. The molecule has 5 heteroatoms. The zero-order valence-corrected chi connectivity index (χ0v) is 20.3. The molecule has 0 aromatic rings. The zero-order chi connectivity index (χ0) is 21.1. The summed E-state index contributed by atoms with van der Waals surface area (Å²) in [7, 11) is 0. The van der Waals surface area contributed by atoms with E-state index in [4.69, 9.17) is 14.2 Å². The Balaban J connectivity index is 1.39. The lowest BCUT2D eigenvalue weighted by molar-refractivity contribution is -0.210. The molecule has 4 nitrogen and oxygen atoms in total. The summed E-state index contributed by atoms with van der Waals surface area (Å²) in [5.74, 6) is 2.21. The second-order valence-electron chi connectivity index (χ2n) is 11.1. The number of carbonyl (C=O) groups is 1. The van der Waals surface area contributed by atoms with Crippen LogP contribution >= 0.6 is 15.9 Å². The second-order valence-corrected chi connectivity index (χ2v) is 11.6. The van der Waals surface area contributed by atoms with Crippen LogP contribution in [0.2, 0.25) is 0 Å². The Labute approximate surface area is 189 Å². The summed E-state index contributed by atoms with van der Waals surface area (Å²) in [4.78, 5) is 11.5. The minimum Gasteiger partial charge on any atom is -0.462 e. The van der Waals surface area contributed by atoms with Crippen LogP contribution in [-0.4, -0.2) is 36.4 Å². The molecule has 3 saturated carbocycles. The van der Waals surface area contributed by atoms with Gasteiger partial charge in [0.25, 0.3) is 0 Å². The quantitative estimate of drug-likeness (QED) is 0.298. The smallest absolute Gasteiger partial charge is 0.302 e. The molecule has 0 aromatic heterocycles. The van der Waals surface area contributed by atoms with Gasteiger partial charge in [0.15, 0.2) is 5.79 Å². The van der Waals surface area contributed by atoms with E-state index in [2.05, 4.69) is 35.9 Å². The molecule has 0 unspecified atom stereocenters. The Kier molecular flexibility index (Phi) is 5.43. The monoisotopic (exact) mass is 480 g/mol. The fourth-order valence-electron chi connectivity index (χ4n) is 8.53. The molecule has 30 heavy (non-hydrogen) atoms. The number of hydrogen-bond acceptors (Lipinski definition) is 4. The van der Waals surface area contributed by atoms with Gasteiger partial charge in [-0.15, -0.1) is 0 Å². The lowest BCUT2D eigenvalue weighted by Crippen LogP contribution is -2.54. The van der Waals surface area contributed by atoms with Gasteiger partial charge in [-0.1, -0.05) is 41.4 Å². The summed E-state index contributed by atoms with van der Waals surface area (Å²) in [6, 6.07) is 0. The Morgan fingerprint density at radius 3 is 2.60 bits per heavy atom. The molecular weight excluding hydrogens is 444 g/mol. The summed E-state index contributed by atoms with van der Waals surface area (Å²) in [5, 5.41) is 0.778. The average Bonchev–Trinajstić information content (AvgIpc) is 3.32. The van der Waals surface area contributed by atoms with Crippen molar-refractivity contribution in [2.45, 2.75) is 84.0 Å². The van der Waals surface area contributed by atoms with Crippen molar-refractivity contribution in [3.05, 3.63) is 11.6 Å². The van der Waals surface area contributed by atoms with E-state index < -0.39 is 5.79 Å². The number of alkyl halides is 1. The van der Waals surface area contributed by atoms with Crippen molar-refractivity contribution in [2.24, 2.45) is 34.5 Å². The van der Waals surface area contributed by atoms with Crippen molar-refractivity contribution in [3.8, 4) is 0 Å². The van der Waals surface area contributed by atoms with Gasteiger partial charge in [-0.05, 0) is 73.5 Å². The van der Waals surface area contributed by atoms with Crippen molar-refractivity contribution in [1.29, 1.82) is 0 Å². The van der Waals surface area contributed by atoms with Crippen LogP contribution < -0.4 is 0 Å². The fourth-order valence-corrected chi connectivity index (χ4v) is 9.24. The first kappa shape index (κ1) is 21.5. The van der Waals surface area contributed by atoms with Crippen molar-refractivity contribution < 1.29 is 19.0 Å². The molecule has 1 saturated heterocycles. The Hall–Kier alpha value is -0.390. The molecule has 4 fully saturated rings. The molecule has 0 amide bonds. The maximum absolute atomic E-state index is 11.5. The third-order valence-electron chi connectivity index (χ3n) is 9.88. The highest BCUT2D eigenvalue weighted by Crippen LogP contribution is 2.68. The number of ether oxygens (including phenoxy) is 3. The molecule has 1 aliphatic heterocycles. The number of halogens is 1. The second kappa shape index (κ2) is 7.59. The van der Waals surface area contributed by atoms with Crippen LogP contribution in [0.5, 0.6) is 0 Å². The summed E-state index contributed by atoms with van der Waals surface area (Å²) < 4.78 is 18.1. The molecule has 0 N–H and O–H groups in total. The van der Waals surface area contributed by atoms with Crippen LogP contribution in [0.15, 0.2) is 11.6 Å². The van der Waals surface area contributed by atoms with Gasteiger partial charge in [-0.3, -0.25) is 4.79 Å². The van der Waals surface area contributed by atoms with Crippen molar-refractivity contribution in [2.75, 3.05) is 18.5 Å². The number of fused-ring (bicyclic) bond motifs is 5. The summed E-state index contributed by atoms with van der Waals surface area (Å²) in [5.41, 5.74) is 2.15. The van der Waals surface area contributed by atoms with E-state index in [1.165, 1.54) is 39.0 Å². The van der Waals surface area contributed by atoms with Crippen LogP contribution in [0, 0.1) is 34.5 Å². The van der Waals surface area contributed by atoms with Gasteiger partial charge in [0.1, 0.15) is 6.10 Å². The van der Waals surface area contributed by atoms with Crippen LogP contribution in [0.1, 0.15) is 72.1 Å². The third kappa shape index (κ3) is 3.08. The van der Waals surface area contributed by atoms with Crippen LogP contribution in [0.4, 0.5) is 0 Å². The molecular formula is C25H37BrO4. The highest BCUT2D eigenvalue weighted by atomic mass is 79.9. The molecule has 0 aromatic carbocycles. The van der Waals surface area contributed by atoms with Gasteiger partial charge >= 0.3 is 5.97 Å². The summed E-state index contributed by atoms with van der Waals surface area (Å²) in [6.45, 7) is 8.04. The lowest BCUT2D eigenvalue weighted by atomic mass is 9.47. The van der Waals surface area contributed by atoms with Gasteiger partial charge in [-0.25, -0.2) is 0 Å². The largest absolute Gasteiger partial charge is 0.462 e. The number of carbonyl (C=O) groups excluding carboxylic acids is 1. The highest BCUT2D eigenvalue weighted by Gasteiger charge is 2.63. The van der Waals surface area contributed by atoms with Crippen molar-refractivity contribution in [1.82, 2.24) is 0 Å². The maximum atomic E-state index is 11.5. The first-order chi connectivity index (χ1) is 14.3. The Morgan fingerprint density at radius 1 is 1.13 bits per heavy atom. The lowest BCUT2D eigenvalue weighted by Gasteiger charge is -2.59. The Morgan fingerprint density at radius 2 is 1.90 bits per heavy atom. The standard InChI is InChI=1S/C25H37BrO4/c1-16(27)30-18-8-10-23(2)17(14-18)4-5-19-20-6-7-22(24(20,3)11-9-21(19)23)25(15-26)28-12-13-29-25/h4,18-22H,5-15H2,1-3H3/t18-,19-,20-,21-,22-,23+,24-/m1/s1. The molecule has 0 radical (unpaired) electrons. The van der Waals surface area contributed by atoms with E-state index in [-0.39, 0.29) is 17.5 Å². The topological polar surface area (TPSA) is 44.8 Å². The molecule has 5 rings (SSSR count). The zero-order valence-electron chi connectivity index (χ0n) is 18.8. The first-order valence-corrected chi connectivity index (χ1v) is 13.2. The van der Waals surface area contributed by atoms with E-state index in [9.17, 15) is 4.79 Å². The van der Waals surface area contributed by atoms with E-state index in [0.29, 0.717) is 11.3 Å². The van der Waals surface area contributed by atoms with Crippen molar-refractivity contribution >= 4 is 21.9 Å². The molecule has 168 valence electrons. The van der Waals surface area contributed by atoms with Crippen LogP contribution in [0.25, 0.3) is 0 Å². The van der Waals surface area contributed by atoms with Gasteiger partial charge in [0.05, 0.1) is 18.5 Å². The van der Waals surface area contributed by atoms with Crippen LogP contribution in [0.3, 0.4) is 0 Å². The predicted molar refractivity (Wildman–Crippen MR) is 119 cm³/mol. The van der Waals surface area contributed by atoms with Gasteiger partial charge in [0.2, 0.25) is 0 Å². The highest BCUT2D eigenvalue weighted by molar-refractivity contribution is 9.09. The first-order valence-electron chi connectivity index (χ1n) is 12.0. The normalized spacial score (nSPS) is 47.1. The summed E-state index contributed by atoms with van der Waals surface area (Å²) >= 11 is 3.73. The molecule has 0 bridgehead atoms. The van der Waals surface area contributed by atoms with Crippen LogP contribution in [-0.2, 0) is 19.0 Å². The molecule has 5 aliphatic rings. The third-order valence-corrected chi connectivity index (χ3v) is 10.7. The van der Waals surface area contributed by atoms with E-state index in [0.717, 1.165) is 55.6 Å². The predicted octanol–water partition coefficient (Wildman–Crippen LogP) is 5.64.